The maximum absolute atomic E-state index is 4.46. The van der Waals surface area contributed by atoms with Gasteiger partial charge in [0.1, 0.15) is 0 Å². The van der Waals surface area contributed by atoms with Gasteiger partial charge in [-0.25, -0.2) is 4.98 Å². The number of hydrogen-bond donors (Lipinski definition) is 2. The van der Waals surface area contributed by atoms with Gasteiger partial charge in [-0.2, -0.15) is 0 Å². The van der Waals surface area contributed by atoms with Crippen molar-refractivity contribution < 1.29 is 0 Å². The molecule has 1 aliphatic heterocycles. The minimum atomic E-state index is 0.742. The van der Waals surface area contributed by atoms with E-state index in [0.29, 0.717) is 0 Å². The Labute approximate surface area is 144 Å². The van der Waals surface area contributed by atoms with Gasteiger partial charge in [-0.3, -0.25) is 4.99 Å². The number of nitrogens with one attached hydrogen (secondary N) is 2. The zero-order valence-electron chi connectivity index (χ0n) is 14.8. The Morgan fingerprint density at radius 2 is 2.30 bits per heavy atom. The lowest BCUT2D eigenvalue weighted by Gasteiger charge is -2.16. The number of thiazole rings is 1. The van der Waals surface area contributed by atoms with Crippen molar-refractivity contribution in [3.05, 3.63) is 16.1 Å². The van der Waals surface area contributed by atoms with Crippen molar-refractivity contribution in [2.24, 2.45) is 10.9 Å². The van der Waals surface area contributed by atoms with Crippen molar-refractivity contribution in [2.75, 3.05) is 39.8 Å². The van der Waals surface area contributed by atoms with E-state index >= 15 is 0 Å². The minimum Gasteiger partial charge on any atom is -0.356 e. The molecule has 1 saturated heterocycles. The maximum Gasteiger partial charge on any atom is 0.191 e. The van der Waals surface area contributed by atoms with Gasteiger partial charge in [0.25, 0.3) is 0 Å². The third-order valence-electron chi connectivity index (χ3n) is 4.27. The van der Waals surface area contributed by atoms with E-state index in [2.05, 4.69) is 39.4 Å². The van der Waals surface area contributed by atoms with Crippen LogP contribution in [0.4, 0.5) is 0 Å². The summed E-state index contributed by atoms with van der Waals surface area (Å²) >= 11 is 1.81. The normalized spacial score (nSPS) is 19.3. The third kappa shape index (κ3) is 6.11. The highest BCUT2D eigenvalue weighted by Crippen LogP contribution is 2.15. The van der Waals surface area contributed by atoms with Crippen molar-refractivity contribution in [3.8, 4) is 0 Å². The van der Waals surface area contributed by atoms with E-state index in [9.17, 15) is 0 Å². The number of aryl methyl sites for hydroxylation is 1. The Kier molecular flexibility index (Phi) is 7.82. The van der Waals surface area contributed by atoms with Crippen molar-refractivity contribution >= 4 is 17.3 Å². The molecule has 1 aromatic heterocycles. The molecule has 0 saturated carbocycles. The molecule has 0 bridgehead atoms. The molecule has 1 atom stereocenters. The molecule has 0 aromatic carbocycles. The van der Waals surface area contributed by atoms with Crippen LogP contribution in [0, 0.1) is 5.92 Å². The molecule has 0 radical (unpaired) electrons. The van der Waals surface area contributed by atoms with Gasteiger partial charge < -0.3 is 15.5 Å². The highest BCUT2D eigenvalue weighted by Gasteiger charge is 2.21. The van der Waals surface area contributed by atoms with E-state index in [-0.39, 0.29) is 0 Å². The fraction of sp³-hybridized carbons (Fsp3) is 0.765. The highest BCUT2D eigenvalue weighted by molar-refractivity contribution is 7.11. The van der Waals surface area contributed by atoms with Gasteiger partial charge in [-0.05, 0) is 38.3 Å². The van der Waals surface area contributed by atoms with Gasteiger partial charge in [0.15, 0.2) is 5.96 Å². The molecule has 0 spiro atoms. The van der Waals surface area contributed by atoms with Gasteiger partial charge in [0.05, 0.1) is 5.01 Å². The number of aliphatic imine (C=N–C) groups is 1. The first kappa shape index (κ1) is 18.2. The monoisotopic (exact) mass is 337 g/mol. The van der Waals surface area contributed by atoms with Crippen LogP contribution in [-0.2, 0) is 12.8 Å². The topological polar surface area (TPSA) is 52.5 Å². The number of aromatic nitrogens is 1. The number of guanidine groups is 1. The lowest BCUT2D eigenvalue weighted by atomic mass is 10.1. The van der Waals surface area contributed by atoms with Crippen LogP contribution in [0.2, 0.25) is 0 Å². The second kappa shape index (κ2) is 9.88. The van der Waals surface area contributed by atoms with Crippen molar-refractivity contribution in [1.29, 1.82) is 0 Å². The van der Waals surface area contributed by atoms with Crippen LogP contribution >= 0.6 is 11.3 Å². The smallest absolute Gasteiger partial charge is 0.191 e. The predicted octanol–water partition coefficient (Wildman–Crippen LogP) is 2.14. The molecule has 2 N–H and O–H groups in total. The van der Waals surface area contributed by atoms with Crippen molar-refractivity contribution in [2.45, 2.75) is 39.5 Å². The second-order valence-corrected chi connectivity index (χ2v) is 7.36. The van der Waals surface area contributed by atoms with Crippen LogP contribution in [-0.4, -0.2) is 55.6 Å². The molecule has 23 heavy (non-hydrogen) atoms. The van der Waals surface area contributed by atoms with Gasteiger partial charge in [-0.15, -0.1) is 11.3 Å². The first-order valence-electron chi connectivity index (χ1n) is 8.85. The predicted molar refractivity (Wildman–Crippen MR) is 99.4 cm³/mol. The van der Waals surface area contributed by atoms with E-state index in [1.165, 1.54) is 42.4 Å². The Bertz CT molecular complexity index is 485. The van der Waals surface area contributed by atoms with Gasteiger partial charge in [0.2, 0.25) is 0 Å². The molecule has 130 valence electrons. The van der Waals surface area contributed by atoms with E-state index in [1.54, 1.807) is 0 Å². The fourth-order valence-electron chi connectivity index (χ4n) is 2.98. The standard InChI is InChI=1S/C17H31N5S/c1-4-9-22-10-7-14(13-22)11-21-17(18-3)19-8-6-16-20-12-15(5-2)23-16/h12,14H,4-11,13H2,1-3H3,(H2,18,19,21). The molecule has 6 heteroatoms. The van der Waals surface area contributed by atoms with Crippen LogP contribution in [0.15, 0.2) is 11.2 Å². The number of hydrogen-bond acceptors (Lipinski definition) is 4. The molecule has 0 amide bonds. The SMILES string of the molecule is CCCN1CCC(CNC(=NC)NCCc2ncc(CC)s2)C1. The van der Waals surface area contributed by atoms with Gasteiger partial charge in [0, 0.05) is 44.2 Å². The number of nitrogens with zero attached hydrogens (tertiary/aromatic N) is 3. The van der Waals surface area contributed by atoms with Gasteiger partial charge >= 0.3 is 0 Å². The van der Waals surface area contributed by atoms with E-state index in [1.807, 2.05) is 24.6 Å². The Morgan fingerprint density at radius 1 is 1.43 bits per heavy atom. The van der Waals surface area contributed by atoms with Crippen molar-refractivity contribution in [3.63, 3.8) is 0 Å². The van der Waals surface area contributed by atoms with E-state index < -0.39 is 0 Å². The average molecular weight is 338 g/mol. The molecule has 1 aromatic rings. The lowest BCUT2D eigenvalue weighted by molar-refractivity contribution is 0.324. The zero-order valence-corrected chi connectivity index (χ0v) is 15.6. The average Bonchev–Trinajstić information content (AvgIpc) is 3.20. The summed E-state index contributed by atoms with van der Waals surface area (Å²) < 4.78 is 0. The van der Waals surface area contributed by atoms with Crippen LogP contribution in [0.3, 0.4) is 0 Å². The van der Waals surface area contributed by atoms with Gasteiger partial charge in [-0.1, -0.05) is 13.8 Å². The molecule has 1 aliphatic rings. The molecule has 1 unspecified atom stereocenters. The summed E-state index contributed by atoms with van der Waals surface area (Å²) in [5.74, 6) is 1.65. The molecular weight excluding hydrogens is 306 g/mol. The summed E-state index contributed by atoms with van der Waals surface area (Å²) in [5.41, 5.74) is 0. The quantitative estimate of drug-likeness (QED) is 0.564. The maximum atomic E-state index is 4.46. The summed E-state index contributed by atoms with van der Waals surface area (Å²) in [6.07, 6.45) is 6.57. The molecule has 1 fully saturated rings. The van der Waals surface area contributed by atoms with E-state index in [4.69, 9.17) is 0 Å². The van der Waals surface area contributed by atoms with E-state index in [0.717, 1.165) is 37.8 Å². The van der Waals surface area contributed by atoms with Crippen LogP contribution in [0.5, 0.6) is 0 Å². The lowest BCUT2D eigenvalue weighted by Crippen LogP contribution is -2.41. The summed E-state index contributed by atoms with van der Waals surface area (Å²) in [7, 11) is 1.84. The zero-order chi connectivity index (χ0) is 16.5. The summed E-state index contributed by atoms with van der Waals surface area (Å²) in [6, 6.07) is 0. The summed E-state index contributed by atoms with van der Waals surface area (Å²) in [4.78, 5) is 12.7. The Balaban J connectivity index is 1.64. The fourth-order valence-corrected chi connectivity index (χ4v) is 3.84. The van der Waals surface area contributed by atoms with Crippen LogP contribution in [0.1, 0.15) is 36.6 Å². The summed E-state index contributed by atoms with van der Waals surface area (Å²) in [6.45, 7) is 10.0. The first-order valence-corrected chi connectivity index (χ1v) is 9.67. The molecular formula is C17H31N5S. The first-order chi connectivity index (χ1) is 11.2. The third-order valence-corrected chi connectivity index (χ3v) is 5.47. The second-order valence-electron chi connectivity index (χ2n) is 6.16. The largest absolute Gasteiger partial charge is 0.356 e. The van der Waals surface area contributed by atoms with Crippen LogP contribution in [0.25, 0.3) is 0 Å². The number of likely N-dealkylation sites (tertiary alicyclic amines) is 1. The Hall–Kier alpha value is -1.14. The van der Waals surface area contributed by atoms with Crippen molar-refractivity contribution in [1.82, 2.24) is 20.5 Å². The number of rotatable bonds is 8. The summed E-state index contributed by atoms with van der Waals surface area (Å²) in [5, 5.41) is 8.07. The molecule has 5 nitrogen and oxygen atoms in total. The molecule has 2 heterocycles. The molecule has 2 rings (SSSR count). The molecule has 0 aliphatic carbocycles. The Morgan fingerprint density at radius 3 is 3.00 bits per heavy atom. The van der Waals surface area contributed by atoms with Crippen LogP contribution < -0.4 is 10.6 Å². The highest BCUT2D eigenvalue weighted by atomic mass is 32.1. The minimum absolute atomic E-state index is 0.742.